The van der Waals surface area contributed by atoms with Crippen LogP contribution in [0.1, 0.15) is 35.4 Å². The van der Waals surface area contributed by atoms with Crippen LogP contribution in [-0.4, -0.2) is 10.1 Å². The number of aromatic nitrogens is 1. The summed E-state index contributed by atoms with van der Waals surface area (Å²) in [5.74, 6) is 0. The van der Waals surface area contributed by atoms with Crippen LogP contribution < -0.4 is 0 Å². The molecule has 0 fully saturated rings. The van der Waals surface area contributed by atoms with Gasteiger partial charge >= 0.3 is 0 Å². The number of rotatable bonds is 4. The molecular formula is C16H18BrNO. The second-order valence-corrected chi connectivity index (χ2v) is 5.65. The van der Waals surface area contributed by atoms with Gasteiger partial charge in [-0.15, -0.1) is 0 Å². The lowest BCUT2D eigenvalue weighted by atomic mass is 9.99. The number of benzene rings is 1. The van der Waals surface area contributed by atoms with Gasteiger partial charge in [0.1, 0.15) is 0 Å². The molecule has 0 amide bonds. The van der Waals surface area contributed by atoms with Gasteiger partial charge in [-0.3, -0.25) is 4.98 Å². The summed E-state index contributed by atoms with van der Waals surface area (Å²) >= 11 is 3.44. The summed E-state index contributed by atoms with van der Waals surface area (Å²) < 4.78 is 0.987. The van der Waals surface area contributed by atoms with Gasteiger partial charge in [-0.1, -0.05) is 35.0 Å². The Morgan fingerprint density at radius 2 is 2.05 bits per heavy atom. The predicted octanol–water partition coefficient (Wildman–Crippen LogP) is 3.99. The topological polar surface area (TPSA) is 33.1 Å². The highest BCUT2D eigenvalue weighted by molar-refractivity contribution is 9.10. The molecule has 0 aliphatic heterocycles. The first-order chi connectivity index (χ1) is 9.10. The summed E-state index contributed by atoms with van der Waals surface area (Å²) in [5, 5.41) is 10.3. The summed E-state index contributed by atoms with van der Waals surface area (Å²) in [7, 11) is 0. The maximum absolute atomic E-state index is 10.3. The van der Waals surface area contributed by atoms with Gasteiger partial charge in [-0.05, 0) is 48.2 Å². The summed E-state index contributed by atoms with van der Waals surface area (Å²) in [6, 6.07) is 10.0. The molecule has 2 nitrogen and oxygen atoms in total. The first-order valence-corrected chi connectivity index (χ1v) is 7.27. The highest BCUT2D eigenvalue weighted by atomic mass is 79.9. The van der Waals surface area contributed by atoms with Gasteiger partial charge in [0.25, 0.3) is 0 Å². The number of hydrogen-bond acceptors (Lipinski definition) is 2. The minimum absolute atomic E-state index is 0.516. The Hall–Kier alpha value is -1.19. The van der Waals surface area contributed by atoms with Gasteiger partial charge in [-0.2, -0.15) is 0 Å². The van der Waals surface area contributed by atoms with Crippen LogP contribution in [0.25, 0.3) is 0 Å². The molecule has 1 aromatic heterocycles. The third kappa shape index (κ3) is 3.64. The summed E-state index contributed by atoms with van der Waals surface area (Å²) in [4.78, 5) is 4.40. The zero-order valence-corrected chi connectivity index (χ0v) is 12.8. The van der Waals surface area contributed by atoms with Crippen LogP contribution in [0.5, 0.6) is 0 Å². The number of halogens is 1. The van der Waals surface area contributed by atoms with E-state index in [1.165, 1.54) is 5.56 Å². The first kappa shape index (κ1) is 14.2. The average molecular weight is 320 g/mol. The molecule has 0 saturated carbocycles. The smallest absolute Gasteiger partial charge is 0.0848 e. The number of aliphatic hydroxyl groups is 1. The van der Waals surface area contributed by atoms with E-state index in [0.29, 0.717) is 6.42 Å². The second-order valence-electron chi connectivity index (χ2n) is 4.73. The minimum Gasteiger partial charge on any atom is -0.388 e. The molecule has 1 atom stereocenters. The lowest BCUT2D eigenvalue weighted by molar-refractivity contribution is 0.176. The molecule has 0 aliphatic carbocycles. The molecule has 0 spiro atoms. The Morgan fingerprint density at radius 3 is 2.68 bits per heavy atom. The number of aliphatic hydroxyl groups excluding tert-OH is 1. The summed E-state index contributed by atoms with van der Waals surface area (Å²) in [6.07, 6.45) is 2.90. The van der Waals surface area contributed by atoms with Crippen molar-refractivity contribution in [3.05, 3.63) is 63.4 Å². The molecule has 0 aliphatic rings. The Balaban J connectivity index is 2.15. The SMILES string of the molecule is CCc1ccc(CC(O)c2cc(Br)ccc2C)nc1. The molecule has 100 valence electrons. The number of aryl methyl sites for hydroxylation is 2. The molecule has 0 radical (unpaired) electrons. The van der Waals surface area contributed by atoms with Gasteiger partial charge in [0.2, 0.25) is 0 Å². The maximum atomic E-state index is 10.3. The van der Waals surface area contributed by atoms with Crippen LogP contribution in [0.2, 0.25) is 0 Å². The van der Waals surface area contributed by atoms with E-state index in [9.17, 15) is 5.11 Å². The molecule has 0 bridgehead atoms. The van der Waals surface area contributed by atoms with Gasteiger partial charge in [0.15, 0.2) is 0 Å². The van der Waals surface area contributed by atoms with Gasteiger partial charge in [0.05, 0.1) is 6.10 Å². The molecule has 1 N–H and O–H groups in total. The van der Waals surface area contributed by atoms with E-state index in [4.69, 9.17) is 0 Å². The largest absolute Gasteiger partial charge is 0.388 e. The lowest BCUT2D eigenvalue weighted by Crippen LogP contribution is -2.05. The van der Waals surface area contributed by atoms with Gasteiger partial charge in [-0.25, -0.2) is 0 Å². The Labute approximate surface area is 122 Å². The molecule has 1 aromatic carbocycles. The number of hydrogen-bond donors (Lipinski definition) is 1. The monoisotopic (exact) mass is 319 g/mol. The minimum atomic E-state index is -0.516. The maximum Gasteiger partial charge on any atom is 0.0848 e. The fraction of sp³-hybridized carbons (Fsp3) is 0.312. The van der Waals surface area contributed by atoms with E-state index in [2.05, 4.69) is 33.9 Å². The van der Waals surface area contributed by atoms with Crippen molar-refractivity contribution in [3.63, 3.8) is 0 Å². The van der Waals surface area contributed by atoms with Crippen LogP contribution >= 0.6 is 15.9 Å². The van der Waals surface area contributed by atoms with Crippen LogP contribution in [0.3, 0.4) is 0 Å². The van der Waals surface area contributed by atoms with Crippen LogP contribution in [-0.2, 0) is 12.8 Å². The van der Waals surface area contributed by atoms with Crippen molar-refractivity contribution in [2.45, 2.75) is 32.8 Å². The van der Waals surface area contributed by atoms with E-state index >= 15 is 0 Å². The first-order valence-electron chi connectivity index (χ1n) is 6.48. The average Bonchev–Trinajstić information content (AvgIpc) is 2.42. The standard InChI is InChI=1S/C16H18BrNO/c1-3-12-5-7-14(18-10-12)9-16(19)15-8-13(17)6-4-11(15)2/h4-8,10,16,19H,3,9H2,1-2H3. The number of nitrogens with zero attached hydrogens (tertiary/aromatic N) is 1. The van der Waals surface area contributed by atoms with E-state index in [1.54, 1.807) is 0 Å². The van der Waals surface area contributed by atoms with Crippen molar-refractivity contribution >= 4 is 15.9 Å². The van der Waals surface area contributed by atoms with Crippen molar-refractivity contribution in [2.24, 2.45) is 0 Å². The van der Waals surface area contributed by atoms with Crippen molar-refractivity contribution < 1.29 is 5.11 Å². The number of pyridine rings is 1. The van der Waals surface area contributed by atoms with Crippen LogP contribution in [0, 0.1) is 6.92 Å². The van der Waals surface area contributed by atoms with Gasteiger partial charge in [0, 0.05) is 22.8 Å². The Kier molecular flexibility index (Phi) is 4.72. The summed E-state index contributed by atoms with van der Waals surface area (Å²) in [5.41, 5.74) is 4.19. The van der Waals surface area contributed by atoms with E-state index in [1.807, 2.05) is 37.4 Å². The molecule has 3 heteroatoms. The fourth-order valence-corrected chi connectivity index (χ4v) is 2.44. The normalized spacial score (nSPS) is 12.4. The quantitative estimate of drug-likeness (QED) is 0.924. The zero-order valence-electron chi connectivity index (χ0n) is 11.2. The Bertz CT molecular complexity index is 551. The van der Waals surface area contributed by atoms with Crippen molar-refractivity contribution in [1.29, 1.82) is 0 Å². The zero-order chi connectivity index (χ0) is 13.8. The predicted molar refractivity (Wildman–Crippen MR) is 81.2 cm³/mol. The van der Waals surface area contributed by atoms with Crippen molar-refractivity contribution in [1.82, 2.24) is 4.98 Å². The summed E-state index contributed by atoms with van der Waals surface area (Å²) in [6.45, 7) is 4.12. The third-order valence-corrected chi connectivity index (χ3v) is 3.79. The molecule has 2 rings (SSSR count). The highest BCUT2D eigenvalue weighted by Gasteiger charge is 2.12. The third-order valence-electron chi connectivity index (χ3n) is 3.30. The van der Waals surface area contributed by atoms with Crippen LogP contribution in [0.4, 0.5) is 0 Å². The van der Waals surface area contributed by atoms with Crippen molar-refractivity contribution in [3.8, 4) is 0 Å². The van der Waals surface area contributed by atoms with E-state index in [0.717, 1.165) is 27.7 Å². The molecule has 0 saturated heterocycles. The Morgan fingerprint density at radius 1 is 1.26 bits per heavy atom. The molecule has 1 heterocycles. The van der Waals surface area contributed by atoms with Gasteiger partial charge < -0.3 is 5.11 Å². The van der Waals surface area contributed by atoms with Crippen molar-refractivity contribution in [2.75, 3.05) is 0 Å². The molecule has 19 heavy (non-hydrogen) atoms. The van der Waals surface area contributed by atoms with E-state index < -0.39 is 6.10 Å². The molecule has 1 unspecified atom stereocenters. The fourth-order valence-electron chi connectivity index (χ4n) is 2.06. The second kappa shape index (κ2) is 6.31. The van der Waals surface area contributed by atoms with E-state index in [-0.39, 0.29) is 0 Å². The van der Waals surface area contributed by atoms with Crippen LogP contribution in [0.15, 0.2) is 41.0 Å². The molecule has 2 aromatic rings. The molecular weight excluding hydrogens is 302 g/mol. The lowest BCUT2D eigenvalue weighted by Gasteiger charge is -2.14. The highest BCUT2D eigenvalue weighted by Crippen LogP contribution is 2.24.